The van der Waals surface area contributed by atoms with Crippen LogP contribution in [-0.2, 0) is 26.1 Å². The number of hydrogen-bond acceptors (Lipinski definition) is 5. The first-order valence-electron chi connectivity index (χ1n) is 12.0. The van der Waals surface area contributed by atoms with Gasteiger partial charge in [0.25, 0.3) is 10.0 Å². The number of nitrogens with one attached hydrogen (secondary N) is 2. The Hall–Kier alpha value is -2.06. The van der Waals surface area contributed by atoms with Crippen LogP contribution in [0.15, 0.2) is 34.9 Å². The quantitative estimate of drug-likeness (QED) is 0.431. The molecule has 1 aromatic rings. The second-order valence-corrected chi connectivity index (χ2v) is 11.7. The van der Waals surface area contributed by atoms with Crippen LogP contribution in [0, 0.1) is 11.8 Å². The third-order valence-electron chi connectivity index (χ3n) is 6.82. The van der Waals surface area contributed by atoms with Gasteiger partial charge in [0.2, 0.25) is 0 Å². The van der Waals surface area contributed by atoms with Crippen LogP contribution in [-0.4, -0.2) is 31.1 Å². The van der Waals surface area contributed by atoms with Gasteiger partial charge >= 0.3 is 5.97 Å². The van der Waals surface area contributed by atoms with Gasteiger partial charge in [-0.3, -0.25) is 9.52 Å². The van der Waals surface area contributed by atoms with Gasteiger partial charge in [-0.25, -0.2) is 8.42 Å². The van der Waals surface area contributed by atoms with Crippen molar-refractivity contribution in [3.63, 3.8) is 0 Å². The number of aliphatic carboxylic acids is 1. The summed E-state index contributed by atoms with van der Waals surface area (Å²) < 4.78 is 34.8. The van der Waals surface area contributed by atoms with Gasteiger partial charge in [0, 0.05) is 12.6 Å². The number of carbonyl (C=O) groups is 1. The number of ether oxygens (including phenoxy) is 1. The van der Waals surface area contributed by atoms with Gasteiger partial charge in [0.15, 0.2) is 0 Å². The number of sulfonamides is 1. The Morgan fingerprint density at radius 2 is 1.82 bits per heavy atom. The van der Waals surface area contributed by atoms with E-state index in [-0.39, 0.29) is 10.7 Å². The fourth-order valence-corrected chi connectivity index (χ4v) is 6.93. The smallest absolute Gasteiger partial charge is 0.316 e. The molecule has 33 heavy (non-hydrogen) atoms. The van der Waals surface area contributed by atoms with Gasteiger partial charge in [-0.05, 0) is 51.7 Å². The molecule has 0 bridgehead atoms. The second-order valence-electron chi connectivity index (χ2n) is 10.0. The van der Waals surface area contributed by atoms with Crippen molar-refractivity contribution < 1.29 is 23.1 Å². The van der Waals surface area contributed by atoms with E-state index in [1.807, 2.05) is 12.1 Å². The zero-order valence-electron chi connectivity index (χ0n) is 20.2. The highest BCUT2D eigenvalue weighted by molar-refractivity contribution is 7.96. The summed E-state index contributed by atoms with van der Waals surface area (Å²) in [4.78, 5) is 11.7. The number of rotatable bonds is 9. The predicted molar refractivity (Wildman–Crippen MR) is 130 cm³/mol. The highest BCUT2D eigenvalue weighted by Crippen LogP contribution is 2.42. The van der Waals surface area contributed by atoms with Crippen LogP contribution >= 0.6 is 0 Å². The molecule has 0 spiro atoms. The molecular formula is C25H38N2O5S. The Kier molecular flexibility index (Phi) is 8.11. The van der Waals surface area contributed by atoms with E-state index in [4.69, 9.17) is 4.74 Å². The van der Waals surface area contributed by atoms with Crippen molar-refractivity contribution in [3.8, 4) is 0 Å². The van der Waals surface area contributed by atoms with Crippen LogP contribution in [0.5, 0.6) is 0 Å². The van der Waals surface area contributed by atoms with E-state index in [2.05, 4.69) is 17.0 Å². The van der Waals surface area contributed by atoms with Crippen LogP contribution in [0.2, 0.25) is 0 Å². The van der Waals surface area contributed by atoms with E-state index < -0.39 is 27.5 Å². The molecule has 1 aromatic carbocycles. The summed E-state index contributed by atoms with van der Waals surface area (Å²) >= 11 is 0. The number of anilines is 1. The Bertz CT molecular complexity index is 978. The maximum atomic E-state index is 13.3. The van der Waals surface area contributed by atoms with E-state index in [9.17, 15) is 18.3 Å². The Morgan fingerprint density at radius 1 is 1.18 bits per heavy atom. The highest BCUT2D eigenvalue weighted by atomic mass is 32.2. The summed E-state index contributed by atoms with van der Waals surface area (Å²) in [6.45, 7) is 7.38. The zero-order chi connectivity index (χ0) is 24.2. The lowest BCUT2D eigenvalue weighted by Crippen LogP contribution is -2.38. The molecule has 3 rings (SSSR count). The fraction of sp³-hybridized carbons (Fsp3) is 0.640. The fourth-order valence-electron chi connectivity index (χ4n) is 5.22. The van der Waals surface area contributed by atoms with Crippen molar-refractivity contribution >= 4 is 21.7 Å². The number of benzene rings is 1. The third kappa shape index (κ3) is 6.29. The first-order chi connectivity index (χ1) is 15.5. The van der Waals surface area contributed by atoms with Gasteiger partial charge < -0.3 is 15.2 Å². The van der Waals surface area contributed by atoms with Crippen molar-refractivity contribution in [2.24, 2.45) is 11.8 Å². The van der Waals surface area contributed by atoms with Gasteiger partial charge in [-0.15, -0.1) is 0 Å². The van der Waals surface area contributed by atoms with Gasteiger partial charge in [-0.1, -0.05) is 56.7 Å². The molecule has 1 fully saturated rings. The summed E-state index contributed by atoms with van der Waals surface area (Å²) in [7, 11) is -4.12. The van der Waals surface area contributed by atoms with Gasteiger partial charge in [0.1, 0.15) is 22.2 Å². The minimum atomic E-state index is -4.12. The number of carboxylic acid groups (broad SMARTS) is 1. The molecule has 1 aliphatic heterocycles. The SMILES string of the molecule is CC1=C(S(=O)(=O)Nc2ccccc2CN[C@@H](C)CC2CCCCCC2)C(C(=O)O)C(C)(C)O1. The van der Waals surface area contributed by atoms with Crippen LogP contribution in [0.25, 0.3) is 0 Å². The van der Waals surface area contributed by atoms with Crippen molar-refractivity contribution in [2.75, 3.05) is 4.72 Å². The summed E-state index contributed by atoms with van der Waals surface area (Å²) in [5, 5.41) is 13.2. The average molecular weight is 479 g/mol. The molecule has 1 unspecified atom stereocenters. The average Bonchev–Trinajstić information content (AvgIpc) is 2.86. The molecule has 1 saturated carbocycles. The van der Waals surface area contributed by atoms with E-state index in [0.29, 0.717) is 18.3 Å². The van der Waals surface area contributed by atoms with Crippen LogP contribution in [0.3, 0.4) is 0 Å². The maximum absolute atomic E-state index is 13.3. The lowest BCUT2D eigenvalue weighted by Gasteiger charge is -2.25. The summed E-state index contributed by atoms with van der Waals surface area (Å²) in [5.74, 6) is -1.63. The second kappa shape index (κ2) is 10.5. The van der Waals surface area contributed by atoms with Crippen molar-refractivity contribution in [1.82, 2.24) is 5.32 Å². The highest BCUT2D eigenvalue weighted by Gasteiger charge is 2.51. The molecule has 8 heteroatoms. The lowest BCUT2D eigenvalue weighted by atomic mass is 9.92. The van der Waals surface area contributed by atoms with Crippen molar-refractivity contribution in [1.29, 1.82) is 0 Å². The van der Waals surface area contributed by atoms with Crippen molar-refractivity contribution in [2.45, 2.75) is 90.8 Å². The molecule has 0 radical (unpaired) electrons. The maximum Gasteiger partial charge on any atom is 0.316 e. The third-order valence-corrected chi connectivity index (χ3v) is 8.41. The molecule has 3 N–H and O–H groups in total. The molecule has 1 heterocycles. The van der Waals surface area contributed by atoms with E-state index in [0.717, 1.165) is 17.9 Å². The van der Waals surface area contributed by atoms with Crippen LogP contribution < -0.4 is 10.0 Å². The molecule has 0 saturated heterocycles. The van der Waals surface area contributed by atoms with Crippen molar-refractivity contribution in [3.05, 3.63) is 40.5 Å². The first kappa shape index (κ1) is 25.6. The van der Waals surface area contributed by atoms with Crippen LogP contribution in [0.4, 0.5) is 5.69 Å². The van der Waals surface area contributed by atoms with E-state index in [1.54, 1.807) is 26.0 Å². The summed E-state index contributed by atoms with van der Waals surface area (Å²) in [6.07, 6.45) is 9.01. The van der Waals surface area contributed by atoms with E-state index >= 15 is 0 Å². The summed E-state index contributed by atoms with van der Waals surface area (Å²) in [5.41, 5.74) is 0.118. The largest absolute Gasteiger partial charge is 0.490 e. The molecular weight excluding hydrogens is 440 g/mol. The molecule has 2 atom stereocenters. The number of carboxylic acids is 1. The predicted octanol–water partition coefficient (Wildman–Crippen LogP) is 5.01. The molecule has 2 aliphatic rings. The standard InChI is InChI=1S/C25H38N2O5S/c1-17(15-19-11-7-5-6-8-12-19)26-16-20-13-9-10-14-21(20)27-33(30,31)23-18(2)32-25(3,4)22(23)24(28)29/h9-10,13-14,17,19,22,26-27H,5-8,11-12,15-16H2,1-4H3,(H,28,29)/t17-,22?/m0/s1. The van der Waals surface area contributed by atoms with Gasteiger partial charge in [0.05, 0.1) is 5.69 Å². The van der Waals surface area contributed by atoms with Gasteiger partial charge in [-0.2, -0.15) is 0 Å². The molecule has 184 valence electrons. The topological polar surface area (TPSA) is 105 Å². The first-order valence-corrected chi connectivity index (χ1v) is 13.5. The monoisotopic (exact) mass is 478 g/mol. The minimum absolute atomic E-state index is 0.118. The minimum Gasteiger partial charge on any atom is -0.490 e. The van der Waals surface area contributed by atoms with E-state index in [1.165, 1.54) is 45.4 Å². The molecule has 0 aromatic heterocycles. The number of para-hydroxylation sites is 1. The number of hydrogen-bond donors (Lipinski definition) is 3. The molecule has 0 amide bonds. The lowest BCUT2D eigenvalue weighted by molar-refractivity contribution is -0.145. The normalized spacial score (nSPS) is 22.5. The zero-order valence-corrected chi connectivity index (χ0v) is 21.0. The van der Waals surface area contributed by atoms with Crippen LogP contribution in [0.1, 0.15) is 78.2 Å². The molecule has 7 nitrogen and oxygen atoms in total. The molecule has 1 aliphatic carbocycles. The number of allylic oxidation sites excluding steroid dienone is 1. The Morgan fingerprint density at radius 3 is 2.45 bits per heavy atom. The Balaban J connectivity index is 1.71. The summed E-state index contributed by atoms with van der Waals surface area (Å²) in [6, 6.07) is 7.55. The Labute approximate surface area is 198 Å².